The Morgan fingerprint density at radius 3 is 2.83 bits per heavy atom. The standard InChI is InChI=1S/C17H21N3O3/c1-11-14(19-17(23-11)12-6-4-3-5-7-12)10-20-9-13(22-2)8-15(20)16(18)21/h3-7,13,15H,8-10H2,1-2H3,(H2,18,21)/t13-,15-/m0/s1. The smallest absolute Gasteiger partial charge is 0.234 e. The van der Waals surface area contributed by atoms with Crippen molar-refractivity contribution in [1.29, 1.82) is 0 Å². The summed E-state index contributed by atoms with van der Waals surface area (Å²) in [6.07, 6.45) is 0.641. The number of ether oxygens (including phenoxy) is 1. The Hall–Kier alpha value is -2.18. The number of rotatable bonds is 5. The van der Waals surface area contributed by atoms with Crippen LogP contribution in [0.5, 0.6) is 0 Å². The molecular formula is C17H21N3O3. The zero-order valence-electron chi connectivity index (χ0n) is 13.4. The average molecular weight is 315 g/mol. The van der Waals surface area contributed by atoms with Gasteiger partial charge in [0, 0.05) is 25.8 Å². The van der Waals surface area contributed by atoms with Gasteiger partial charge in [0.2, 0.25) is 11.8 Å². The molecule has 1 fully saturated rings. The van der Waals surface area contributed by atoms with Crippen LogP contribution in [0.4, 0.5) is 0 Å². The van der Waals surface area contributed by atoms with E-state index < -0.39 is 0 Å². The summed E-state index contributed by atoms with van der Waals surface area (Å²) < 4.78 is 11.1. The van der Waals surface area contributed by atoms with Crippen molar-refractivity contribution in [3.63, 3.8) is 0 Å². The first kappa shape index (κ1) is 15.7. The van der Waals surface area contributed by atoms with E-state index in [1.54, 1.807) is 7.11 Å². The Labute approximate surface area is 135 Å². The second-order valence-electron chi connectivity index (χ2n) is 5.83. The van der Waals surface area contributed by atoms with Crippen LogP contribution in [0.25, 0.3) is 11.5 Å². The normalized spacial score (nSPS) is 21.7. The quantitative estimate of drug-likeness (QED) is 0.908. The third kappa shape index (κ3) is 3.28. The number of aryl methyl sites for hydroxylation is 1. The number of likely N-dealkylation sites (tertiary alicyclic amines) is 1. The molecule has 0 saturated carbocycles. The lowest BCUT2D eigenvalue weighted by atomic mass is 10.2. The van der Waals surface area contributed by atoms with Crippen LogP contribution in [0.15, 0.2) is 34.7 Å². The van der Waals surface area contributed by atoms with Crippen molar-refractivity contribution in [2.75, 3.05) is 13.7 Å². The van der Waals surface area contributed by atoms with Gasteiger partial charge in [-0.2, -0.15) is 0 Å². The van der Waals surface area contributed by atoms with E-state index in [-0.39, 0.29) is 18.1 Å². The maximum absolute atomic E-state index is 11.7. The molecule has 0 bridgehead atoms. The number of aromatic nitrogens is 1. The molecule has 6 nitrogen and oxygen atoms in total. The molecule has 6 heteroatoms. The van der Waals surface area contributed by atoms with Crippen molar-refractivity contribution in [2.24, 2.45) is 5.73 Å². The first-order valence-corrected chi connectivity index (χ1v) is 7.66. The minimum absolute atomic E-state index is 0.0216. The molecule has 122 valence electrons. The van der Waals surface area contributed by atoms with Gasteiger partial charge in [0.25, 0.3) is 0 Å². The molecule has 3 rings (SSSR count). The number of carbonyl (C=O) groups excluding carboxylic acids is 1. The van der Waals surface area contributed by atoms with Gasteiger partial charge < -0.3 is 14.9 Å². The predicted octanol–water partition coefficient (Wildman–Crippen LogP) is 1.72. The number of nitrogens with zero attached hydrogens (tertiary/aromatic N) is 2. The summed E-state index contributed by atoms with van der Waals surface area (Å²) in [5.74, 6) is 1.03. The molecule has 0 spiro atoms. The molecule has 0 radical (unpaired) electrons. The van der Waals surface area contributed by atoms with E-state index in [2.05, 4.69) is 4.98 Å². The van der Waals surface area contributed by atoms with E-state index in [1.807, 2.05) is 42.2 Å². The molecule has 1 aliphatic rings. The van der Waals surface area contributed by atoms with Crippen LogP contribution < -0.4 is 5.73 Å². The summed E-state index contributed by atoms with van der Waals surface area (Å²) in [5, 5.41) is 0. The van der Waals surface area contributed by atoms with Gasteiger partial charge in [-0.25, -0.2) is 4.98 Å². The topological polar surface area (TPSA) is 81.6 Å². The summed E-state index contributed by atoms with van der Waals surface area (Å²) in [4.78, 5) is 18.3. The molecule has 2 aromatic rings. The van der Waals surface area contributed by atoms with Gasteiger partial charge >= 0.3 is 0 Å². The number of methoxy groups -OCH3 is 1. The lowest BCUT2D eigenvalue weighted by Gasteiger charge is -2.20. The van der Waals surface area contributed by atoms with Crippen LogP contribution in [0, 0.1) is 6.92 Å². The number of hydrogen-bond acceptors (Lipinski definition) is 5. The Morgan fingerprint density at radius 1 is 1.43 bits per heavy atom. The fourth-order valence-corrected chi connectivity index (χ4v) is 2.97. The first-order chi connectivity index (χ1) is 11.1. The van der Waals surface area contributed by atoms with Crippen LogP contribution in [0.3, 0.4) is 0 Å². The van der Waals surface area contributed by atoms with Crippen LogP contribution in [0.1, 0.15) is 17.9 Å². The molecule has 2 heterocycles. The van der Waals surface area contributed by atoms with Gasteiger partial charge in [-0.05, 0) is 25.5 Å². The highest BCUT2D eigenvalue weighted by molar-refractivity contribution is 5.80. The van der Waals surface area contributed by atoms with Crippen LogP contribution >= 0.6 is 0 Å². The lowest BCUT2D eigenvalue weighted by Crippen LogP contribution is -2.39. The van der Waals surface area contributed by atoms with E-state index in [4.69, 9.17) is 14.9 Å². The second-order valence-corrected chi connectivity index (χ2v) is 5.83. The Balaban J connectivity index is 1.80. The number of oxazole rings is 1. The molecule has 1 aromatic carbocycles. The van der Waals surface area contributed by atoms with Crippen molar-refractivity contribution in [2.45, 2.75) is 32.0 Å². The zero-order chi connectivity index (χ0) is 16.4. The molecule has 2 atom stereocenters. The highest BCUT2D eigenvalue weighted by Crippen LogP contribution is 2.26. The summed E-state index contributed by atoms with van der Waals surface area (Å²) in [7, 11) is 1.65. The molecule has 1 saturated heterocycles. The molecular weight excluding hydrogens is 294 g/mol. The van der Waals surface area contributed by atoms with Gasteiger partial charge in [-0.3, -0.25) is 9.69 Å². The lowest BCUT2D eigenvalue weighted by molar-refractivity contribution is -0.122. The monoisotopic (exact) mass is 315 g/mol. The first-order valence-electron chi connectivity index (χ1n) is 7.66. The SMILES string of the molecule is CO[C@H]1C[C@@H](C(N)=O)N(Cc2nc(-c3ccccc3)oc2C)C1. The third-order valence-corrected chi connectivity index (χ3v) is 4.29. The van der Waals surface area contributed by atoms with Crippen LogP contribution in [-0.4, -0.2) is 41.6 Å². The summed E-state index contributed by atoms with van der Waals surface area (Å²) in [5.41, 5.74) is 7.27. The summed E-state index contributed by atoms with van der Waals surface area (Å²) in [6.45, 7) is 3.07. The van der Waals surface area contributed by atoms with Crippen molar-refractivity contribution < 1.29 is 13.9 Å². The fraction of sp³-hybridized carbons (Fsp3) is 0.412. The van der Waals surface area contributed by atoms with Crippen molar-refractivity contribution in [1.82, 2.24) is 9.88 Å². The van der Waals surface area contributed by atoms with Gasteiger partial charge in [0.15, 0.2) is 0 Å². The van der Waals surface area contributed by atoms with E-state index in [1.165, 1.54) is 0 Å². The number of nitrogens with two attached hydrogens (primary N) is 1. The van der Waals surface area contributed by atoms with E-state index >= 15 is 0 Å². The molecule has 1 aliphatic heterocycles. The second kappa shape index (κ2) is 6.52. The maximum Gasteiger partial charge on any atom is 0.234 e. The number of primary amides is 1. The molecule has 1 aromatic heterocycles. The van der Waals surface area contributed by atoms with Crippen molar-refractivity contribution in [3.8, 4) is 11.5 Å². The Bertz CT molecular complexity index is 684. The molecule has 23 heavy (non-hydrogen) atoms. The number of benzene rings is 1. The highest BCUT2D eigenvalue weighted by Gasteiger charge is 2.36. The number of amides is 1. The molecule has 1 amide bonds. The van der Waals surface area contributed by atoms with Gasteiger partial charge in [-0.1, -0.05) is 18.2 Å². The van der Waals surface area contributed by atoms with Crippen molar-refractivity contribution >= 4 is 5.91 Å². The van der Waals surface area contributed by atoms with E-state index in [0.717, 1.165) is 17.0 Å². The van der Waals surface area contributed by atoms with Gasteiger partial charge in [0.1, 0.15) is 5.76 Å². The van der Waals surface area contributed by atoms with Crippen LogP contribution in [-0.2, 0) is 16.1 Å². The van der Waals surface area contributed by atoms with Gasteiger partial charge in [0.05, 0.1) is 17.8 Å². The van der Waals surface area contributed by atoms with Crippen LogP contribution in [0.2, 0.25) is 0 Å². The predicted molar refractivity (Wildman–Crippen MR) is 85.5 cm³/mol. The van der Waals surface area contributed by atoms with E-state index in [0.29, 0.717) is 25.4 Å². The van der Waals surface area contributed by atoms with Crippen molar-refractivity contribution in [3.05, 3.63) is 41.8 Å². The summed E-state index contributed by atoms with van der Waals surface area (Å²) >= 11 is 0. The maximum atomic E-state index is 11.7. The number of carbonyl (C=O) groups is 1. The summed E-state index contributed by atoms with van der Waals surface area (Å²) in [6, 6.07) is 9.43. The molecule has 0 unspecified atom stereocenters. The Kier molecular flexibility index (Phi) is 4.45. The average Bonchev–Trinajstić information content (AvgIpc) is 3.13. The Morgan fingerprint density at radius 2 is 2.17 bits per heavy atom. The third-order valence-electron chi connectivity index (χ3n) is 4.29. The fourth-order valence-electron chi connectivity index (χ4n) is 2.97. The minimum atomic E-state index is -0.325. The molecule has 0 aliphatic carbocycles. The zero-order valence-corrected chi connectivity index (χ0v) is 13.4. The van der Waals surface area contributed by atoms with Gasteiger partial charge in [-0.15, -0.1) is 0 Å². The highest BCUT2D eigenvalue weighted by atomic mass is 16.5. The molecule has 2 N–H and O–H groups in total. The number of hydrogen-bond donors (Lipinski definition) is 1. The van der Waals surface area contributed by atoms with E-state index in [9.17, 15) is 4.79 Å². The largest absolute Gasteiger partial charge is 0.441 e. The minimum Gasteiger partial charge on any atom is -0.441 e.